The van der Waals surface area contributed by atoms with Crippen molar-refractivity contribution < 1.29 is 17.2 Å². The summed E-state index contributed by atoms with van der Waals surface area (Å²) in [6.07, 6.45) is 0.855. The van der Waals surface area contributed by atoms with Crippen molar-refractivity contribution >= 4 is 21.4 Å². The Morgan fingerprint density at radius 1 is 1.03 bits per heavy atom. The lowest BCUT2D eigenvalue weighted by atomic mass is 10.0. The van der Waals surface area contributed by atoms with Crippen LogP contribution in [0, 0.1) is 11.6 Å². The lowest BCUT2D eigenvalue weighted by Crippen LogP contribution is -2.37. The van der Waals surface area contributed by atoms with Gasteiger partial charge in [-0.1, -0.05) is 30.3 Å². The lowest BCUT2D eigenvalue weighted by molar-refractivity contribution is 0.538. The number of halogens is 2. The summed E-state index contributed by atoms with van der Waals surface area (Å²) in [5, 5.41) is 0. The van der Waals surface area contributed by atoms with Crippen molar-refractivity contribution in [3.05, 3.63) is 89.5 Å². The maximum atomic E-state index is 14.1. The van der Waals surface area contributed by atoms with Crippen LogP contribution in [-0.2, 0) is 16.4 Å². The van der Waals surface area contributed by atoms with E-state index in [1.54, 1.807) is 0 Å². The molecule has 0 fully saturated rings. The average Bonchev–Trinajstić information content (AvgIpc) is 3.20. The van der Waals surface area contributed by atoms with Crippen LogP contribution in [0.5, 0.6) is 0 Å². The Bertz CT molecular complexity index is 1210. The van der Waals surface area contributed by atoms with Gasteiger partial charge in [-0.25, -0.2) is 21.9 Å². The molecule has 0 radical (unpaired) electrons. The van der Waals surface area contributed by atoms with E-state index in [9.17, 15) is 17.2 Å². The van der Waals surface area contributed by atoms with E-state index in [0.29, 0.717) is 6.07 Å². The predicted molar refractivity (Wildman–Crippen MR) is 123 cm³/mol. The largest absolute Gasteiger partial charge is 0.378 e. The van der Waals surface area contributed by atoms with Gasteiger partial charge in [0.2, 0.25) is 10.0 Å². The van der Waals surface area contributed by atoms with Gasteiger partial charge in [0.05, 0.1) is 6.04 Å². The first-order chi connectivity index (χ1) is 15.3. The molecule has 8 heteroatoms. The highest BCUT2D eigenvalue weighted by atomic mass is 32.2. The summed E-state index contributed by atoms with van der Waals surface area (Å²) in [6.45, 7) is 0.740. The van der Waals surface area contributed by atoms with Crippen molar-refractivity contribution in [2.45, 2.75) is 17.4 Å². The minimum absolute atomic E-state index is 0.00787. The summed E-state index contributed by atoms with van der Waals surface area (Å²) in [4.78, 5) is 3.45. The SMILES string of the molecule is CN(C)c1ccc(C(CNS(=O)(=O)c2cc(F)ccc2F)N2CCc3ccccc32)cc1. The average molecular weight is 458 g/mol. The first-order valence-electron chi connectivity index (χ1n) is 10.3. The molecule has 0 bridgehead atoms. The highest BCUT2D eigenvalue weighted by Gasteiger charge is 2.29. The molecule has 5 nitrogen and oxygen atoms in total. The Hall–Kier alpha value is -2.97. The Kier molecular flexibility index (Phi) is 6.17. The van der Waals surface area contributed by atoms with Crippen molar-refractivity contribution in [2.75, 3.05) is 37.0 Å². The van der Waals surface area contributed by atoms with E-state index >= 15 is 0 Å². The molecule has 1 atom stereocenters. The van der Waals surface area contributed by atoms with Gasteiger partial charge < -0.3 is 9.80 Å². The molecule has 32 heavy (non-hydrogen) atoms. The monoisotopic (exact) mass is 457 g/mol. The number of benzene rings is 3. The second-order valence-corrected chi connectivity index (χ2v) is 9.74. The minimum atomic E-state index is -4.24. The van der Waals surface area contributed by atoms with Crippen LogP contribution in [0.4, 0.5) is 20.2 Å². The molecule has 3 aromatic carbocycles. The molecule has 1 N–H and O–H groups in total. The number of sulfonamides is 1. The Morgan fingerprint density at radius 3 is 2.47 bits per heavy atom. The zero-order chi connectivity index (χ0) is 22.9. The van der Waals surface area contributed by atoms with E-state index in [0.717, 1.165) is 42.0 Å². The molecular formula is C24H25F2N3O2S. The molecule has 1 aliphatic rings. The Balaban J connectivity index is 1.66. The molecule has 1 unspecified atom stereocenters. The first kappa shape index (κ1) is 22.2. The predicted octanol–water partition coefficient (Wildman–Crippen LogP) is 4.11. The van der Waals surface area contributed by atoms with E-state index in [2.05, 4.69) is 15.7 Å². The van der Waals surface area contributed by atoms with Gasteiger partial charge >= 0.3 is 0 Å². The summed E-state index contributed by atoms with van der Waals surface area (Å²) >= 11 is 0. The van der Waals surface area contributed by atoms with Gasteiger partial charge in [-0.15, -0.1) is 0 Å². The number of anilines is 2. The summed E-state index contributed by atoms with van der Waals surface area (Å²) in [7, 11) is -0.346. The number of fused-ring (bicyclic) bond motifs is 1. The zero-order valence-corrected chi connectivity index (χ0v) is 18.7. The normalized spacial score (nSPS) is 14.3. The van der Waals surface area contributed by atoms with E-state index in [-0.39, 0.29) is 12.6 Å². The molecule has 4 rings (SSSR count). The van der Waals surface area contributed by atoms with Crippen molar-refractivity contribution in [3.8, 4) is 0 Å². The van der Waals surface area contributed by atoms with Crippen LogP contribution < -0.4 is 14.5 Å². The van der Waals surface area contributed by atoms with E-state index < -0.39 is 26.6 Å². The van der Waals surface area contributed by atoms with Gasteiger partial charge in [0.25, 0.3) is 0 Å². The highest BCUT2D eigenvalue weighted by Crippen LogP contribution is 2.35. The van der Waals surface area contributed by atoms with Crippen LogP contribution in [0.25, 0.3) is 0 Å². The van der Waals surface area contributed by atoms with E-state index in [1.165, 1.54) is 5.56 Å². The third kappa shape index (κ3) is 4.47. The third-order valence-electron chi connectivity index (χ3n) is 5.74. The molecule has 0 aliphatic carbocycles. The standard InChI is InChI=1S/C24H25F2N3O2S/c1-28(2)20-10-7-18(8-11-20)23(29-14-13-17-5-3-4-6-22(17)29)16-27-32(30,31)24-15-19(25)9-12-21(24)26/h3-12,15,23,27H,13-14,16H2,1-2H3. The second kappa shape index (κ2) is 8.88. The summed E-state index contributed by atoms with van der Waals surface area (Å²) in [5.74, 6) is -1.80. The van der Waals surface area contributed by atoms with Crippen LogP contribution >= 0.6 is 0 Å². The van der Waals surface area contributed by atoms with Gasteiger partial charge in [-0.2, -0.15) is 0 Å². The van der Waals surface area contributed by atoms with Crippen LogP contribution in [0.1, 0.15) is 17.2 Å². The summed E-state index contributed by atoms with van der Waals surface area (Å²) < 4.78 is 55.8. The molecule has 0 aromatic heterocycles. The quantitative estimate of drug-likeness (QED) is 0.580. The van der Waals surface area contributed by atoms with Crippen molar-refractivity contribution in [1.29, 1.82) is 0 Å². The van der Waals surface area contributed by atoms with Crippen LogP contribution in [0.15, 0.2) is 71.6 Å². The Morgan fingerprint density at radius 2 is 1.75 bits per heavy atom. The van der Waals surface area contributed by atoms with E-state index in [4.69, 9.17) is 0 Å². The maximum absolute atomic E-state index is 14.1. The zero-order valence-electron chi connectivity index (χ0n) is 17.9. The van der Waals surface area contributed by atoms with Crippen LogP contribution in [0.2, 0.25) is 0 Å². The number of hydrogen-bond acceptors (Lipinski definition) is 4. The Labute approximate surface area is 187 Å². The molecule has 0 amide bonds. The fourth-order valence-corrected chi connectivity index (χ4v) is 5.16. The molecule has 0 saturated carbocycles. The number of hydrogen-bond donors (Lipinski definition) is 1. The van der Waals surface area contributed by atoms with Gasteiger partial charge in [0, 0.05) is 38.6 Å². The highest BCUT2D eigenvalue weighted by molar-refractivity contribution is 7.89. The molecule has 0 saturated heterocycles. The fraction of sp³-hybridized carbons (Fsp3) is 0.250. The minimum Gasteiger partial charge on any atom is -0.378 e. The van der Waals surface area contributed by atoms with Gasteiger partial charge in [-0.3, -0.25) is 0 Å². The van der Waals surface area contributed by atoms with E-state index in [1.807, 2.05) is 61.5 Å². The van der Waals surface area contributed by atoms with Crippen LogP contribution in [0.3, 0.4) is 0 Å². The first-order valence-corrected chi connectivity index (χ1v) is 11.8. The summed E-state index contributed by atoms with van der Waals surface area (Å²) in [6, 6.07) is 18.0. The number of rotatable bonds is 7. The molecule has 1 heterocycles. The van der Waals surface area contributed by atoms with Gasteiger partial charge in [0.1, 0.15) is 16.5 Å². The lowest BCUT2D eigenvalue weighted by Gasteiger charge is -2.31. The van der Waals surface area contributed by atoms with Crippen molar-refractivity contribution in [2.24, 2.45) is 0 Å². The number of nitrogens with zero attached hydrogens (tertiary/aromatic N) is 2. The fourth-order valence-electron chi connectivity index (χ4n) is 4.04. The maximum Gasteiger partial charge on any atom is 0.243 e. The molecule has 3 aromatic rings. The smallest absolute Gasteiger partial charge is 0.243 e. The molecule has 1 aliphatic heterocycles. The second-order valence-electron chi connectivity index (χ2n) is 8.00. The van der Waals surface area contributed by atoms with Crippen molar-refractivity contribution in [3.63, 3.8) is 0 Å². The molecular weight excluding hydrogens is 432 g/mol. The van der Waals surface area contributed by atoms with Gasteiger partial charge in [0.15, 0.2) is 0 Å². The summed E-state index contributed by atoms with van der Waals surface area (Å²) in [5.41, 5.74) is 4.19. The number of nitrogens with one attached hydrogen (secondary N) is 1. The third-order valence-corrected chi connectivity index (χ3v) is 7.18. The molecule has 0 spiro atoms. The number of para-hydroxylation sites is 1. The molecule has 168 valence electrons. The van der Waals surface area contributed by atoms with Crippen molar-refractivity contribution in [1.82, 2.24) is 4.72 Å². The van der Waals surface area contributed by atoms with Gasteiger partial charge in [-0.05, 0) is 53.9 Å². The topological polar surface area (TPSA) is 52.7 Å². The van der Waals surface area contributed by atoms with Crippen LogP contribution in [-0.4, -0.2) is 35.6 Å².